The molecule has 9 rings (SSSR count). The van der Waals surface area contributed by atoms with Gasteiger partial charge in [0.2, 0.25) is 11.8 Å². The standard InChI is InChI=1S/C45H45F2N5O7/c1-58-30-4-2-3-27(19-30)34-25-59-40-21-29(53)6-7-31(40)42(34)28-5-8-37(35(46)20-28)50-13-11-26(12-14-50)24-49-15-17-51(18-16-49)39-23-33-32(22-36(39)47)44(56)52(45(33)57)38-9-10-41(54)48-43(38)55/h2-8,19-23,26,34,38,42,53H,9-18,24-25H2,1H3,(H,48,54,55)/t34-,38?,42?/m1/s1. The number of hydrogen-bond donors (Lipinski definition) is 2. The first kappa shape index (κ1) is 38.5. The minimum absolute atomic E-state index is 0.00796. The molecule has 0 saturated carbocycles. The van der Waals surface area contributed by atoms with Crippen LogP contribution in [-0.2, 0) is 9.59 Å². The highest BCUT2D eigenvalue weighted by molar-refractivity contribution is 6.23. The number of piperazine rings is 1. The minimum atomic E-state index is -1.11. The van der Waals surface area contributed by atoms with E-state index < -0.39 is 35.5 Å². The molecule has 5 heterocycles. The summed E-state index contributed by atoms with van der Waals surface area (Å²) in [5, 5.41) is 12.3. The van der Waals surface area contributed by atoms with Gasteiger partial charge in [-0.2, -0.15) is 0 Å². The Morgan fingerprint density at radius 3 is 2.24 bits per heavy atom. The van der Waals surface area contributed by atoms with Gasteiger partial charge in [-0.1, -0.05) is 24.3 Å². The zero-order valence-corrected chi connectivity index (χ0v) is 32.7. The number of halogens is 2. The number of phenolic OH excluding ortho intramolecular Hbond substituents is 1. The molecule has 3 saturated heterocycles. The Labute approximate surface area is 340 Å². The van der Waals surface area contributed by atoms with Gasteiger partial charge in [0.05, 0.1) is 36.2 Å². The van der Waals surface area contributed by atoms with Crippen LogP contribution in [0, 0.1) is 17.6 Å². The number of carbonyl (C=O) groups excluding carboxylic acids is 4. The predicted octanol–water partition coefficient (Wildman–Crippen LogP) is 5.43. The number of anilines is 2. The van der Waals surface area contributed by atoms with Crippen LogP contribution in [0.3, 0.4) is 0 Å². The van der Waals surface area contributed by atoms with Gasteiger partial charge >= 0.3 is 0 Å². The zero-order valence-electron chi connectivity index (χ0n) is 32.7. The molecule has 3 fully saturated rings. The number of hydrogen-bond acceptors (Lipinski definition) is 10. The monoisotopic (exact) mass is 805 g/mol. The number of methoxy groups -OCH3 is 1. The Kier molecular flexibility index (Phi) is 10.2. The van der Waals surface area contributed by atoms with E-state index in [1.165, 1.54) is 6.07 Å². The molecule has 0 aliphatic carbocycles. The number of imide groups is 2. The third kappa shape index (κ3) is 7.23. The van der Waals surface area contributed by atoms with E-state index in [0.29, 0.717) is 50.1 Å². The average molecular weight is 806 g/mol. The third-order valence-electron chi connectivity index (χ3n) is 12.7. The molecule has 5 aliphatic rings. The number of carbonyl (C=O) groups is 4. The number of rotatable bonds is 8. The lowest BCUT2D eigenvalue weighted by atomic mass is 9.75. The van der Waals surface area contributed by atoms with Gasteiger partial charge in [0.25, 0.3) is 11.8 Å². The summed E-state index contributed by atoms with van der Waals surface area (Å²) in [6.07, 6.45) is 1.84. The molecule has 5 aliphatic heterocycles. The highest BCUT2D eigenvalue weighted by Crippen LogP contribution is 2.48. The van der Waals surface area contributed by atoms with Crippen LogP contribution in [0.2, 0.25) is 0 Å². The van der Waals surface area contributed by atoms with E-state index in [0.717, 1.165) is 65.9 Å². The number of fused-ring (bicyclic) bond motifs is 2. The fourth-order valence-corrected chi connectivity index (χ4v) is 9.56. The van der Waals surface area contributed by atoms with E-state index in [4.69, 9.17) is 9.47 Å². The number of ether oxygens (including phenoxy) is 2. The van der Waals surface area contributed by atoms with Crippen LogP contribution in [0.25, 0.3) is 0 Å². The summed E-state index contributed by atoms with van der Waals surface area (Å²) < 4.78 is 43.3. The summed E-state index contributed by atoms with van der Waals surface area (Å²) in [5.74, 6) is -1.91. The molecule has 4 aromatic carbocycles. The molecule has 0 aromatic heterocycles. The normalized spacial score (nSPS) is 22.6. The molecule has 0 radical (unpaired) electrons. The molecule has 14 heteroatoms. The largest absolute Gasteiger partial charge is 0.508 e. The van der Waals surface area contributed by atoms with Crippen molar-refractivity contribution < 1.29 is 42.5 Å². The van der Waals surface area contributed by atoms with Gasteiger partial charge < -0.3 is 24.4 Å². The third-order valence-corrected chi connectivity index (χ3v) is 12.7. The van der Waals surface area contributed by atoms with Gasteiger partial charge in [0.15, 0.2) is 0 Å². The summed E-state index contributed by atoms with van der Waals surface area (Å²) >= 11 is 0. The number of nitrogens with zero attached hydrogens (tertiary/aromatic N) is 4. The molecule has 59 heavy (non-hydrogen) atoms. The molecule has 4 amide bonds. The zero-order chi connectivity index (χ0) is 40.9. The van der Waals surface area contributed by atoms with E-state index in [1.54, 1.807) is 25.3 Å². The van der Waals surface area contributed by atoms with Crippen molar-refractivity contribution >= 4 is 35.0 Å². The van der Waals surface area contributed by atoms with Gasteiger partial charge in [-0.3, -0.25) is 34.3 Å². The maximum absolute atomic E-state index is 16.2. The molecular formula is C45H45F2N5O7. The second kappa shape index (κ2) is 15.6. The molecule has 0 bridgehead atoms. The lowest BCUT2D eigenvalue weighted by molar-refractivity contribution is -0.136. The maximum Gasteiger partial charge on any atom is 0.262 e. The first-order chi connectivity index (χ1) is 28.6. The molecule has 2 N–H and O–H groups in total. The molecule has 3 atom stereocenters. The summed E-state index contributed by atoms with van der Waals surface area (Å²) in [6, 6.07) is 19.9. The number of amides is 4. The number of phenols is 1. The Morgan fingerprint density at radius 2 is 1.51 bits per heavy atom. The summed E-state index contributed by atoms with van der Waals surface area (Å²) in [7, 11) is 1.63. The van der Waals surface area contributed by atoms with Crippen LogP contribution in [0.4, 0.5) is 20.2 Å². The SMILES string of the molecule is COc1cccc([C@H]2COc3cc(O)ccc3C2c2ccc(N3CCC(CN4CCN(c5cc6c(cc5F)C(=O)N(C5CCC(=O)NC5=O)C6=O)CC4)CC3)c(F)c2)c1. The maximum atomic E-state index is 16.2. The summed E-state index contributed by atoms with van der Waals surface area (Å²) in [5.41, 5.74) is 3.54. The Bertz CT molecular complexity index is 2340. The van der Waals surface area contributed by atoms with Gasteiger partial charge in [0.1, 0.15) is 34.9 Å². The molecular weight excluding hydrogens is 761 g/mol. The van der Waals surface area contributed by atoms with Crippen molar-refractivity contribution in [3.05, 3.63) is 112 Å². The molecule has 4 aromatic rings. The van der Waals surface area contributed by atoms with E-state index in [2.05, 4.69) is 15.1 Å². The molecule has 12 nitrogen and oxygen atoms in total. The van der Waals surface area contributed by atoms with Crippen molar-refractivity contribution in [2.75, 3.05) is 69.3 Å². The number of piperidine rings is 2. The van der Waals surface area contributed by atoms with Crippen LogP contribution in [0.1, 0.15) is 74.9 Å². The Balaban J connectivity index is 0.818. The first-order valence-corrected chi connectivity index (χ1v) is 20.2. The predicted molar refractivity (Wildman–Crippen MR) is 214 cm³/mol. The average Bonchev–Trinajstić information content (AvgIpc) is 3.47. The van der Waals surface area contributed by atoms with Crippen molar-refractivity contribution in [2.24, 2.45) is 5.92 Å². The molecule has 0 spiro atoms. The van der Waals surface area contributed by atoms with Gasteiger partial charge in [-0.15, -0.1) is 0 Å². The first-order valence-electron chi connectivity index (χ1n) is 20.2. The quantitative estimate of drug-likeness (QED) is 0.223. The van der Waals surface area contributed by atoms with Crippen LogP contribution in [0.15, 0.2) is 72.8 Å². The lowest BCUT2D eigenvalue weighted by Crippen LogP contribution is -2.54. The van der Waals surface area contributed by atoms with Crippen LogP contribution >= 0.6 is 0 Å². The second-order valence-corrected chi connectivity index (χ2v) is 16.1. The fourth-order valence-electron chi connectivity index (χ4n) is 9.56. The topological polar surface area (TPSA) is 132 Å². The number of benzene rings is 4. The number of aromatic hydroxyl groups is 1. The smallest absolute Gasteiger partial charge is 0.262 e. The fraction of sp³-hybridized carbons (Fsp3) is 0.378. The van der Waals surface area contributed by atoms with E-state index in [-0.39, 0.29) is 53.1 Å². The lowest BCUT2D eigenvalue weighted by Gasteiger charge is -2.40. The summed E-state index contributed by atoms with van der Waals surface area (Å²) in [6.45, 7) is 5.10. The van der Waals surface area contributed by atoms with E-state index >= 15 is 8.78 Å². The van der Waals surface area contributed by atoms with Crippen LogP contribution in [0.5, 0.6) is 17.2 Å². The van der Waals surface area contributed by atoms with Crippen LogP contribution < -0.4 is 24.6 Å². The Hall–Kier alpha value is -6.02. The van der Waals surface area contributed by atoms with Crippen molar-refractivity contribution in [1.82, 2.24) is 15.1 Å². The summed E-state index contributed by atoms with van der Waals surface area (Å²) in [4.78, 5) is 57.8. The van der Waals surface area contributed by atoms with Gasteiger partial charge in [-0.25, -0.2) is 8.78 Å². The molecule has 2 unspecified atom stereocenters. The van der Waals surface area contributed by atoms with E-state index in [1.807, 2.05) is 47.4 Å². The van der Waals surface area contributed by atoms with Gasteiger partial charge in [0, 0.05) is 75.7 Å². The minimum Gasteiger partial charge on any atom is -0.508 e. The molecule has 306 valence electrons. The van der Waals surface area contributed by atoms with Gasteiger partial charge in [-0.05, 0) is 78.8 Å². The highest BCUT2D eigenvalue weighted by atomic mass is 19.1. The Morgan fingerprint density at radius 1 is 0.780 bits per heavy atom. The number of nitrogens with one attached hydrogen (secondary N) is 1. The van der Waals surface area contributed by atoms with Crippen molar-refractivity contribution in [3.8, 4) is 17.2 Å². The van der Waals surface area contributed by atoms with E-state index in [9.17, 15) is 24.3 Å². The van der Waals surface area contributed by atoms with Crippen molar-refractivity contribution in [3.63, 3.8) is 0 Å². The second-order valence-electron chi connectivity index (χ2n) is 16.1. The van der Waals surface area contributed by atoms with Crippen LogP contribution in [-0.4, -0.2) is 104 Å². The van der Waals surface area contributed by atoms with Crippen molar-refractivity contribution in [1.29, 1.82) is 0 Å². The van der Waals surface area contributed by atoms with Crippen molar-refractivity contribution in [2.45, 2.75) is 43.6 Å². The highest BCUT2D eigenvalue weighted by Gasteiger charge is 2.45.